The van der Waals surface area contributed by atoms with Crippen LogP contribution >= 0.6 is 11.6 Å². The molecular weight excluding hydrogens is 266 g/mol. The number of aliphatic hydroxyl groups is 2. The van der Waals surface area contributed by atoms with Crippen molar-refractivity contribution >= 4 is 11.6 Å². The van der Waals surface area contributed by atoms with Crippen molar-refractivity contribution in [1.82, 2.24) is 5.32 Å². The number of halogens is 1. The van der Waals surface area contributed by atoms with E-state index in [1.54, 1.807) is 12.1 Å². The molecule has 1 aromatic rings. The minimum atomic E-state index is -0.638. The van der Waals surface area contributed by atoms with Crippen LogP contribution in [0.25, 0.3) is 0 Å². The molecule has 0 radical (unpaired) electrons. The Morgan fingerprint density at radius 1 is 1.42 bits per heavy atom. The molecule has 1 aromatic carbocycles. The summed E-state index contributed by atoms with van der Waals surface area (Å²) in [4.78, 5) is 0. The van der Waals surface area contributed by atoms with E-state index in [4.69, 9.17) is 21.4 Å². The van der Waals surface area contributed by atoms with Gasteiger partial charge in [0.25, 0.3) is 0 Å². The van der Waals surface area contributed by atoms with Gasteiger partial charge in [0, 0.05) is 17.1 Å². The number of hydrogen-bond acceptors (Lipinski definition) is 4. The Hall–Kier alpha value is -0.810. The normalized spacial score (nSPS) is 13.4. The maximum atomic E-state index is 9.82. The lowest BCUT2D eigenvalue weighted by molar-refractivity contribution is 0.0904. The quantitative estimate of drug-likeness (QED) is 0.715. The van der Waals surface area contributed by atoms with Gasteiger partial charge < -0.3 is 20.3 Å². The van der Waals surface area contributed by atoms with Crippen LogP contribution in [0.2, 0.25) is 5.02 Å². The molecule has 0 amide bonds. The first kappa shape index (κ1) is 16.2. The van der Waals surface area contributed by atoms with E-state index in [2.05, 4.69) is 5.32 Å². The van der Waals surface area contributed by atoms with Crippen molar-refractivity contribution in [1.29, 1.82) is 0 Å². The zero-order valence-corrected chi connectivity index (χ0v) is 12.4. The molecule has 5 heteroatoms. The highest BCUT2D eigenvalue weighted by Crippen LogP contribution is 2.21. The number of aryl methyl sites for hydroxylation is 1. The number of aliphatic hydroxyl groups excluding tert-OH is 2. The Labute approximate surface area is 119 Å². The molecule has 4 nitrogen and oxygen atoms in total. The van der Waals surface area contributed by atoms with Crippen LogP contribution in [-0.2, 0) is 0 Å². The summed E-state index contributed by atoms with van der Waals surface area (Å²) in [6, 6.07) is 5.36. The average Bonchev–Trinajstić information content (AvgIpc) is 2.35. The third kappa shape index (κ3) is 5.78. The fourth-order valence-electron chi connectivity index (χ4n) is 1.47. The molecule has 108 valence electrons. The highest BCUT2D eigenvalue weighted by atomic mass is 35.5. The zero-order chi connectivity index (χ0) is 14.5. The molecule has 0 bridgehead atoms. The molecule has 1 atom stereocenters. The van der Waals surface area contributed by atoms with Crippen molar-refractivity contribution in [3.8, 4) is 5.75 Å². The van der Waals surface area contributed by atoms with Crippen LogP contribution in [0.15, 0.2) is 18.2 Å². The first-order valence-electron chi connectivity index (χ1n) is 6.27. The number of benzene rings is 1. The van der Waals surface area contributed by atoms with Crippen LogP contribution in [0, 0.1) is 6.92 Å². The minimum absolute atomic E-state index is 0.0108. The molecule has 0 aliphatic rings. The van der Waals surface area contributed by atoms with Gasteiger partial charge in [-0.2, -0.15) is 0 Å². The maximum Gasteiger partial charge on any atom is 0.122 e. The Balaban J connectivity index is 2.40. The third-order valence-corrected chi connectivity index (χ3v) is 3.01. The fourth-order valence-corrected chi connectivity index (χ4v) is 1.70. The lowest BCUT2D eigenvalue weighted by Crippen LogP contribution is -2.47. The van der Waals surface area contributed by atoms with E-state index >= 15 is 0 Å². The van der Waals surface area contributed by atoms with Gasteiger partial charge in [0.2, 0.25) is 0 Å². The van der Waals surface area contributed by atoms with E-state index in [1.165, 1.54) is 0 Å². The van der Waals surface area contributed by atoms with E-state index in [9.17, 15) is 5.11 Å². The van der Waals surface area contributed by atoms with Crippen LogP contribution in [0.1, 0.15) is 19.4 Å². The van der Waals surface area contributed by atoms with Crippen LogP contribution in [0.4, 0.5) is 0 Å². The summed E-state index contributed by atoms with van der Waals surface area (Å²) in [5, 5.41) is 22.6. The molecule has 0 aliphatic carbocycles. The number of β-amino-alcohol motifs (C(OH)–C–C–N with tert-alkyl or cyclic N) is 1. The lowest BCUT2D eigenvalue weighted by Gasteiger charge is -2.25. The summed E-state index contributed by atoms with van der Waals surface area (Å²) >= 11 is 5.86. The molecule has 1 rings (SSSR count). The largest absolute Gasteiger partial charge is 0.491 e. The van der Waals surface area contributed by atoms with Gasteiger partial charge in [-0.05, 0) is 44.5 Å². The van der Waals surface area contributed by atoms with Crippen molar-refractivity contribution in [3.05, 3.63) is 28.8 Å². The minimum Gasteiger partial charge on any atom is -0.491 e. The predicted octanol–water partition coefficient (Wildman–Crippen LogP) is 1.75. The molecule has 0 spiro atoms. The van der Waals surface area contributed by atoms with Gasteiger partial charge in [-0.1, -0.05) is 11.6 Å². The van der Waals surface area contributed by atoms with Gasteiger partial charge in [0.1, 0.15) is 18.5 Å². The van der Waals surface area contributed by atoms with Crippen molar-refractivity contribution < 1.29 is 14.9 Å². The Morgan fingerprint density at radius 3 is 2.68 bits per heavy atom. The lowest BCUT2D eigenvalue weighted by atomic mass is 10.1. The molecule has 1 unspecified atom stereocenters. The molecular formula is C14H22ClNO3. The van der Waals surface area contributed by atoms with Crippen molar-refractivity contribution in [3.63, 3.8) is 0 Å². The van der Waals surface area contributed by atoms with Crippen molar-refractivity contribution in [2.75, 3.05) is 19.8 Å². The van der Waals surface area contributed by atoms with E-state index in [0.29, 0.717) is 17.3 Å². The van der Waals surface area contributed by atoms with Crippen LogP contribution in [0.5, 0.6) is 5.75 Å². The SMILES string of the molecule is Cc1cc(Cl)ccc1OCC(O)CNC(C)(C)CO. The summed E-state index contributed by atoms with van der Waals surface area (Å²) in [5.41, 5.74) is 0.528. The molecule has 0 aromatic heterocycles. The average molecular weight is 288 g/mol. The fraction of sp³-hybridized carbons (Fsp3) is 0.571. The van der Waals surface area contributed by atoms with Gasteiger partial charge in [-0.15, -0.1) is 0 Å². The van der Waals surface area contributed by atoms with E-state index in [0.717, 1.165) is 5.56 Å². The van der Waals surface area contributed by atoms with E-state index in [-0.39, 0.29) is 13.2 Å². The smallest absolute Gasteiger partial charge is 0.122 e. The van der Waals surface area contributed by atoms with E-state index < -0.39 is 11.6 Å². The summed E-state index contributed by atoms with van der Waals surface area (Å²) in [6.07, 6.45) is -0.638. The molecule has 0 saturated carbocycles. The number of rotatable bonds is 7. The highest BCUT2D eigenvalue weighted by Gasteiger charge is 2.17. The summed E-state index contributed by atoms with van der Waals surface area (Å²) in [5.74, 6) is 0.713. The van der Waals surface area contributed by atoms with Gasteiger partial charge in [0.15, 0.2) is 0 Å². The Bertz CT molecular complexity index is 410. The standard InChI is InChI=1S/C14H22ClNO3/c1-10-6-11(15)4-5-13(10)19-8-12(18)7-16-14(2,3)9-17/h4-6,12,16-18H,7-9H2,1-3H3. The third-order valence-electron chi connectivity index (χ3n) is 2.78. The molecule has 3 N–H and O–H groups in total. The maximum absolute atomic E-state index is 9.82. The van der Waals surface area contributed by atoms with Gasteiger partial charge in [-0.3, -0.25) is 0 Å². The van der Waals surface area contributed by atoms with E-state index in [1.807, 2.05) is 26.8 Å². The predicted molar refractivity (Wildman–Crippen MR) is 76.9 cm³/mol. The van der Waals surface area contributed by atoms with Crippen molar-refractivity contribution in [2.24, 2.45) is 0 Å². The second-order valence-electron chi connectivity index (χ2n) is 5.30. The van der Waals surface area contributed by atoms with Crippen molar-refractivity contribution in [2.45, 2.75) is 32.4 Å². The topological polar surface area (TPSA) is 61.7 Å². The van der Waals surface area contributed by atoms with Crippen LogP contribution in [-0.4, -0.2) is 41.6 Å². The Kier molecular flexibility index (Phi) is 6.07. The summed E-state index contributed by atoms with van der Waals surface area (Å²) in [6.45, 7) is 6.20. The summed E-state index contributed by atoms with van der Waals surface area (Å²) in [7, 11) is 0. The number of hydrogen-bond donors (Lipinski definition) is 3. The first-order valence-corrected chi connectivity index (χ1v) is 6.65. The number of nitrogens with one attached hydrogen (secondary N) is 1. The van der Waals surface area contributed by atoms with Crippen LogP contribution in [0.3, 0.4) is 0 Å². The highest BCUT2D eigenvalue weighted by molar-refractivity contribution is 6.30. The molecule has 0 fully saturated rings. The first-order chi connectivity index (χ1) is 8.84. The molecule has 0 aliphatic heterocycles. The van der Waals surface area contributed by atoms with Gasteiger partial charge in [0.05, 0.1) is 6.61 Å². The molecule has 0 heterocycles. The second-order valence-corrected chi connectivity index (χ2v) is 5.73. The summed E-state index contributed by atoms with van der Waals surface area (Å²) < 4.78 is 5.54. The zero-order valence-electron chi connectivity index (χ0n) is 11.6. The van der Waals surface area contributed by atoms with Gasteiger partial charge in [-0.25, -0.2) is 0 Å². The monoisotopic (exact) mass is 287 g/mol. The number of ether oxygens (including phenoxy) is 1. The molecule has 0 saturated heterocycles. The van der Waals surface area contributed by atoms with Crippen LogP contribution < -0.4 is 10.1 Å². The van der Waals surface area contributed by atoms with Gasteiger partial charge >= 0.3 is 0 Å². The Morgan fingerprint density at radius 2 is 2.11 bits per heavy atom. The second kappa shape index (κ2) is 7.10. The molecule has 19 heavy (non-hydrogen) atoms.